The number of nitrogens with two attached hydrogens (primary N) is 1. The summed E-state index contributed by atoms with van der Waals surface area (Å²) < 4.78 is 0. The quantitative estimate of drug-likeness (QED) is 0.832. The fourth-order valence-electron chi connectivity index (χ4n) is 2.37. The summed E-state index contributed by atoms with van der Waals surface area (Å²) in [7, 11) is 0. The zero-order valence-corrected chi connectivity index (χ0v) is 11.9. The molecule has 98 valence electrons. The molecule has 3 rings (SSSR count). The van der Waals surface area contributed by atoms with Crippen LogP contribution < -0.4 is 11.1 Å². The molecule has 2 nitrogen and oxygen atoms in total. The molecule has 3 heteroatoms. The van der Waals surface area contributed by atoms with Crippen molar-refractivity contribution in [2.24, 2.45) is 11.1 Å². The Labute approximate surface area is 119 Å². The number of hydrogen-bond acceptors (Lipinski definition) is 2. The predicted molar refractivity (Wildman–Crippen MR) is 85.7 cm³/mol. The number of anilines is 1. The zero-order valence-electron chi connectivity index (χ0n) is 11.1. The molecule has 0 unspecified atom stereocenters. The molecule has 3 N–H and O–H groups in total. The largest absolute Gasteiger partial charge is 0.389 e. The third kappa shape index (κ3) is 2.43. The molecular formula is C16H18N2S. The van der Waals surface area contributed by atoms with Crippen LogP contribution >= 0.6 is 12.2 Å². The summed E-state index contributed by atoms with van der Waals surface area (Å²) in [6, 6.07) is 12.4. The van der Waals surface area contributed by atoms with Gasteiger partial charge in [-0.3, -0.25) is 0 Å². The van der Waals surface area contributed by atoms with Crippen LogP contribution in [0.4, 0.5) is 5.69 Å². The maximum absolute atomic E-state index is 5.79. The van der Waals surface area contributed by atoms with Gasteiger partial charge in [0.05, 0.1) is 0 Å². The highest BCUT2D eigenvalue weighted by atomic mass is 32.1. The van der Waals surface area contributed by atoms with Gasteiger partial charge in [0.25, 0.3) is 0 Å². The van der Waals surface area contributed by atoms with E-state index in [0.29, 0.717) is 10.4 Å². The fraction of sp³-hybridized carbons (Fsp3) is 0.312. The van der Waals surface area contributed by atoms with Crippen LogP contribution in [-0.4, -0.2) is 11.5 Å². The fourth-order valence-corrected chi connectivity index (χ4v) is 2.54. The summed E-state index contributed by atoms with van der Waals surface area (Å²) >= 11 is 5.12. The van der Waals surface area contributed by atoms with Gasteiger partial charge in [-0.05, 0) is 35.8 Å². The van der Waals surface area contributed by atoms with Gasteiger partial charge in [-0.25, -0.2) is 0 Å². The van der Waals surface area contributed by atoms with E-state index >= 15 is 0 Å². The minimum absolute atomic E-state index is 0.455. The number of benzene rings is 2. The van der Waals surface area contributed by atoms with Crippen molar-refractivity contribution in [3.8, 4) is 0 Å². The first-order valence-corrected chi connectivity index (χ1v) is 7.05. The maximum Gasteiger partial charge on any atom is 0.104 e. The summed E-state index contributed by atoms with van der Waals surface area (Å²) in [6.45, 7) is 3.36. The summed E-state index contributed by atoms with van der Waals surface area (Å²) in [5.74, 6) is 0. The molecule has 0 heterocycles. The van der Waals surface area contributed by atoms with E-state index in [1.54, 1.807) is 0 Å². The Morgan fingerprint density at radius 1 is 1.21 bits per heavy atom. The van der Waals surface area contributed by atoms with Gasteiger partial charge in [0.15, 0.2) is 0 Å². The van der Waals surface area contributed by atoms with Gasteiger partial charge in [-0.1, -0.05) is 43.4 Å². The van der Waals surface area contributed by atoms with Gasteiger partial charge >= 0.3 is 0 Å². The van der Waals surface area contributed by atoms with E-state index in [9.17, 15) is 0 Å². The monoisotopic (exact) mass is 270 g/mol. The van der Waals surface area contributed by atoms with Crippen molar-refractivity contribution in [3.63, 3.8) is 0 Å². The lowest BCUT2D eigenvalue weighted by Crippen LogP contribution is -2.13. The van der Waals surface area contributed by atoms with Crippen molar-refractivity contribution in [2.45, 2.75) is 19.8 Å². The van der Waals surface area contributed by atoms with E-state index in [0.717, 1.165) is 17.5 Å². The van der Waals surface area contributed by atoms with Gasteiger partial charge in [0.1, 0.15) is 4.99 Å². The zero-order chi connectivity index (χ0) is 13.5. The first kappa shape index (κ1) is 12.4. The lowest BCUT2D eigenvalue weighted by molar-refractivity contribution is 0.611. The van der Waals surface area contributed by atoms with Crippen LogP contribution in [0.3, 0.4) is 0 Å². The second-order valence-electron chi connectivity index (χ2n) is 5.73. The highest BCUT2D eigenvalue weighted by Gasteiger charge is 2.36. The predicted octanol–water partition coefficient (Wildman–Crippen LogP) is 3.69. The summed E-state index contributed by atoms with van der Waals surface area (Å²) in [5, 5.41) is 5.89. The van der Waals surface area contributed by atoms with Crippen LogP contribution in [-0.2, 0) is 0 Å². The molecular weight excluding hydrogens is 252 g/mol. The van der Waals surface area contributed by atoms with Crippen LogP contribution in [0.15, 0.2) is 36.4 Å². The average molecular weight is 270 g/mol. The normalized spacial score (nSPS) is 16.3. The highest BCUT2D eigenvalue weighted by Crippen LogP contribution is 2.45. The van der Waals surface area contributed by atoms with Gasteiger partial charge in [0.2, 0.25) is 0 Å². The minimum atomic E-state index is 0.455. The van der Waals surface area contributed by atoms with E-state index < -0.39 is 0 Å². The number of nitrogens with one attached hydrogen (secondary N) is 1. The van der Waals surface area contributed by atoms with Crippen molar-refractivity contribution in [1.82, 2.24) is 0 Å². The molecule has 0 radical (unpaired) electrons. The highest BCUT2D eigenvalue weighted by molar-refractivity contribution is 7.80. The summed E-state index contributed by atoms with van der Waals surface area (Å²) in [5.41, 5.74) is 8.41. The summed E-state index contributed by atoms with van der Waals surface area (Å²) in [6.07, 6.45) is 2.64. The molecule has 19 heavy (non-hydrogen) atoms. The Balaban J connectivity index is 2.01. The third-order valence-electron chi connectivity index (χ3n) is 4.00. The lowest BCUT2D eigenvalue weighted by Gasteiger charge is -2.15. The van der Waals surface area contributed by atoms with Crippen LogP contribution in [0.2, 0.25) is 0 Å². The Kier molecular flexibility index (Phi) is 2.94. The molecule has 0 spiro atoms. The number of rotatable bonds is 4. The number of hydrogen-bond donors (Lipinski definition) is 2. The van der Waals surface area contributed by atoms with E-state index in [4.69, 9.17) is 18.0 Å². The Hall–Kier alpha value is -1.61. The van der Waals surface area contributed by atoms with Crippen LogP contribution in [0.5, 0.6) is 0 Å². The second-order valence-corrected chi connectivity index (χ2v) is 6.17. The number of thiocarbonyl (C=S) groups is 1. The first-order valence-electron chi connectivity index (χ1n) is 6.65. The van der Waals surface area contributed by atoms with E-state index in [-0.39, 0.29) is 0 Å². The topological polar surface area (TPSA) is 38.0 Å². The maximum atomic E-state index is 5.79. The molecule has 1 aliphatic carbocycles. The van der Waals surface area contributed by atoms with Crippen LogP contribution in [0.25, 0.3) is 10.8 Å². The Morgan fingerprint density at radius 3 is 2.53 bits per heavy atom. The smallest absolute Gasteiger partial charge is 0.104 e. The van der Waals surface area contributed by atoms with Crippen molar-refractivity contribution in [1.29, 1.82) is 0 Å². The molecule has 2 aromatic carbocycles. The van der Waals surface area contributed by atoms with Crippen LogP contribution in [0.1, 0.15) is 25.3 Å². The molecule has 0 aliphatic heterocycles. The molecule has 0 amide bonds. The van der Waals surface area contributed by atoms with Gasteiger partial charge in [-0.2, -0.15) is 0 Å². The molecule has 0 atom stereocenters. The van der Waals surface area contributed by atoms with E-state index in [1.165, 1.54) is 23.9 Å². The van der Waals surface area contributed by atoms with E-state index in [2.05, 4.69) is 36.5 Å². The molecule has 0 saturated heterocycles. The molecule has 0 aromatic heterocycles. The third-order valence-corrected chi connectivity index (χ3v) is 4.22. The summed E-state index contributed by atoms with van der Waals surface area (Å²) in [4.78, 5) is 0.455. The molecule has 1 aliphatic rings. The van der Waals surface area contributed by atoms with Crippen molar-refractivity contribution >= 4 is 33.7 Å². The molecule has 2 aromatic rings. The van der Waals surface area contributed by atoms with Crippen LogP contribution in [0, 0.1) is 5.41 Å². The molecule has 0 bridgehead atoms. The van der Waals surface area contributed by atoms with Gasteiger partial charge < -0.3 is 11.1 Å². The van der Waals surface area contributed by atoms with E-state index in [1.807, 2.05) is 12.1 Å². The van der Waals surface area contributed by atoms with Gasteiger partial charge in [-0.15, -0.1) is 0 Å². The average Bonchev–Trinajstić information content (AvgIpc) is 3.14. The Morgan fingerprint density at radius 2 is 1.89 bits per heavy atom. The van der Waals surface area contributed by atoms with Crippen molar-refractivity contribution < 1.29 is 0 Å². The minimum Gasteiger partial charge on any atom is -0.389 e. The Bertz CT molecular complexity index is 644. The standard InChI is InChI=1S/C16H18N2S/c1-16(8-9-16)10-18-14-7-6-13(15(17)19)11-4-2-3-5-12(11)14/h2-7,18H,8-10H2,1H3,(H2,17,19). The lowest BCUT2D eigenvalue weighted by atomic mass is 10.0. The van der Waals surface area contributed by atoms with Crippen molar-refractivity contribution in [3.05, 3.63) is 42.0 Å². The molecule has 1 fully saturated rings. The van der Waals surface area contributed by atoms with Gasteiger partial charge in [0, 0.05) is 23.2 Å². The first-order chi connectivity index (χ1) is 9.09. The molecule has 1 saturated carbocycles. The van der Waals surface area contributed by atoms with Crippen molar-refractivity contribution in [2.75, 3.05) is 11.9 Å². The SMILES string of the molecule is CC1(CNc2ccc(C(N)=S)c3ccccc23)CC1. The second kappa shape index (κ2) is 4.49. The number of fused-ring (bicyclic) bond motifs is 1.